The van der Waals surface area contributed by atoms with E-state index in [9.17, 15) is 4.39 Å². The number of benzene rings is 1. The van der Waals surface area contributed by atoms with Crippen LogP contribution in [0, 0.1) is 5.82 Å². The molecule has 72 valence electrons. The molecule has 0 heterocycles. The fraction of sp³-hybridized carbons (Fsp3) is 0.400. The van der Waals surface area contributed by atoms with Crippen LogP contribution in [0.4, 0.5) is 10.1 Å². The van der Waals surface area contributed by atoms with Gasteiger partial charge in [-0.05, 0) is 37.1 Å². The lowest BCUT2D eigenvalue weighted by molar-refractivity contribution is 0.627. The minimum Gasteiger partial charge on any atom is -0.372 e. The number of halogens is 2. The van der Waals surface area contributed by atoms with E-state index in [-0.39, 0.29) is 18.2 Å². The van der Waals surface area contributed by atoms with Crippen LogP contribution in [0.2, 0.25) is 0 Å². The molecule has 1 fully saturated rings. The first kappa shape index (κ1) is 10.3. The van der Waals surface area contributed by atoms with Gasteiger partial charge in [-0.25, -0.2) is 4.39 Å². The van der Waals surface area contributed by atoms with Crippen molar-refractivity contribution in [1.82, 2.24) is 0 Å². The number of hydrogen-bond acceptors (Lipinski definition) is 1. The van der Waals surface area contributed by atoms with Crippen molar-refractivity contribution >= 4 is 18.1 Å². The molecule has 0 unspecified atom stereocenters. The molecule has 0 atom stereocenters. The van der Waals surface area contributed by atoms with Crippen molar-refractivity contribution < 1.29 is 4.39 Å². The van der Waals surface area contributed by atoms with E-state index in [2.05, 4.69) is 11.9 Å². The van der Waals surface area contributed by atoms with Crippen molar-refractivity contribution in [3.63, 3.8) is 0 Å². The van der Waals surface area contributed by atoms with Crippen LogP contribution in [0.15, 0.2) is 24.3 Å². The first-order chi connectivity index (χ1) is 5.77. The van der Waals surface area contributed by atoms with Crippen LogP contribution in [0.5, 0.6) is 0 Å². The molecule has 1 aliphatic rings. The van der Waals surface area contributed by atoms with Gasteiger partial charge in [-0.15, -0.1) is 12.4 Å². The Kier molecular flexibility index (Phi) is 3.15. The molecule has 1 aliphatic carbocycles. The van der Waals surface area contributed by atoms with Gasteiger partial charge in [-0.3, -0.25) is 0 Å². The van der Waals surface area contributed by atoms with E-state index in [1.54, 1.807) is 0 Å². The zero-order chi connectivity index (χ0) is 8.55. The molecule has 0 amide bonds. The van der Waals surface area contributed by atoms with Gasteiger partial charge in [0, 0.05) is 18.8 Å². The van der Waals surface area contributed by atoms with Crippen LogP contribution < -0.4 is 4.90 Å². The van der Waals surface area contributed by atoms with Crippen molar-refractivity contribution in [3.8, 4) is 0 Å². The Bertz CT molecular complexity index is 269. The summed E-state index contributed by atoms with van der Waals surface area (Å²) in [6, 6.07) is 7.36. The second-order valence-electron chi connectivity index (χ2n) is 3.32. The third-order valence-corrected chi connectivity index (χ3v) is 2.33. The van der Waals surface area contributed by atoms with Gasteiger partial charge in [0.25, 0.3) is 0 Å². The lowest BCUT2D eigenvalue weighted by Crippen LogP contribution is -2.18. The molecule has 0 aliphatic heterocycles. The van der Waals surface area contributed by atoms with E-state index in [4.69, 9.17) is 0 Å². The average Bonchev–Trinajstić information content (AvgIpc) is 2.87. The van der Waals surface area contributed by atoms with Crippen LogP contribution in [0.25, 0.3) is 0 Å². The van der Waals surface area contributed by atoms with Crippen LogP contribution in [-0.2, 0) is 0 Å². The van der Waals surface area contributed by atoms with Crippen LogP contribution in [0.3, 0.4) is 0 Å². The molecule has 3 heteroatoms. The molecular weight excluding hydrogens is 189 g/mol. The van der Waals surface area contributed by atoms with Crippen molar-refractivity contribution in [2.24, 2.45) is 0 Å². The summed E-state index contributed by atoms with van der Waals surface area (Å²) in [6.07, 6.45) is 2.54. The van der Waals surface area contributed by atoms with Crippen molar-refractivity contribution in [3.05, 3.63) is 30.1 Å². The van der Waals surface area contributed by atoms with E-state index in [1.165, 1.54) is 25.0 Å². The third-order valence-electron chi connectivity index (χ3n) is 2.33. The molecule has 0 bridgehead atoms. The van der Waals surface area contributed by atoms with E-state index < -0.39 is 0 Å². The maximum absolute atomic E-state index is 12.5. The van der Waals surface area contributed by atoms with Gasteiger partial charge in [-0.1, -0.05) is 0 Å². The zero-order valence-corrected chi connectivity index (χ0v) is 8.35. The fourth-order valence-electron chi connectivity index (χ4n) is 1.35. The molecule has 0 spiro atoms. The Morgan fingerprint density at radius 3 is 2.23 bits per heavy atom. The second-order valence-corrected chi connectivity index (χ2v) is 3.32. The molecule has 1 nitrogen and oxygen atoms in total. The fourth-order valence-corrected chi connectivity index (χ4v) is 1.35. The molecular formula is C10H13ClFN. The molecule has 0 N–H and O–H groups in total. The Hall–Kier alpha value is -0.760. The SMILES string of the molecule is CN(c1ccc(F)cc1)C1CC1.Cl. The van der Waals surface area contributed by atoms with E-state index in [0.717, 1.165) is 5.69 Å². The largest absolute Gasteiger partial charge is 0.372 e. The number of hydrogen-bond donors (Lipinski definition) is 0. The molecule has 0 saturated heterocycles. The Balaban J connectivity index is 0.000000845. The maximum Gasteiger partial charge on any atom is 0.123 e. The maximum atomic E-state index is 12.5. The number of nitrogens with zero attached hydrogens (tertiary/aromatic N) is 1. The highest BCUT2D eigenvalue weighted by atomic mass is 35.5. The van der Waals surface area contributed by atoms with Gasteiger partial charge in [0.05, 0.1) is 0 Å². The number of rotatable bonds is 2. The van der Waals surface area contributed by atoms with Gasteiger partial charge >= 0.3 is 0 Å². The van der Waals surface area contributed by atoms with Crippen molar-refractivity contribution in [2.75, 3.05) is 11.9 Å². The standard InChI is InChI=1S/C10H12FN.ClH/c1-12(10-6-7-10)9-4-2-8(11)3-5-9;/h2-5,10H,6-7H2,1H3;1H. The van der Waals surface area contributed by atoms with Crippen LogP contribution in [0.1, 0.15) is 12.8 Å². The molecule has 0 aromatic heterocycles. The quantitative estimate of drug-likeness (QED) is 0.711. The molecule has 0 radical (unpaired) electrons. The predicted octanol–water partition coefficient (Wildman–Crippen LogP) is 2.85. The van der Waals surface area contributed by atoms with E-state index >= 15 is 0 Å². The summed E-state index contributed by atoms with van der Waals surface area (Å²) in [4.78, 5) is 2.21. The van der Waals surface area contributed by atoms with Gasteiger partial charge in [0.2, 0.25) is 0 Å². The first-order valence-electron chi connectivity index (χ1n) is 4.26. The normalized spacial score (nSPS) is 14.9. The highest BCUT2D eigenvalue weighted by Crippen LogP contribution is 2.29. The summed E-state index contributed by atoms with van der Waals surface area (Å²) < 4.78 is 12.5. The van der Waals surface area contributed by atoms with Gasteiger partial charge in [0.1, 0.15) is 5.82 Å². The lowest BCUT2D eigenvalue weighted by atomic mass is 10.3. The monoisotopic (exact) mass is 201 g/mol. The Labute approximate surface area is 84.0 Å². The van der Waals surface area contributed by atoms with Crippen LogP contribution in [-0.4, -0.2) is 13.1 Å². The Morgan fingerprint density at radius 1 is 1.23 bits per heavy atom. The van der Waals surface area contributed by atoms with E-state index in [1.807, 2.05) is 12.1 Å². The molecule has 1 aromatic carbocycles. The molecule has 1 aromatic rings. The summed E-state index contributed by atoms with van der Waals surface area (Å²) in [5.74, 6) is -0.164. The van der Waals surface area contributed by atoms with Gasteiger partial charge in [-0.2, -0.15) is 0 Å². The van der Waals surface area contributed by atoms with Crippen LogP contribution >= 0.6 is 12.4 Å². The Morgan fingerprint density at radius 2 is 1.77 bits per heavy atom. The topological polar surface area (TPSA) is 3.24 Å². The first-order valence-corrected chi connectivity index (χ1v) is 4.26. The zero-order valence-electron chi connectivity index (χ0n) is 7.53. The summed E-state index contributed by atoms with van der Waals surface area (Å²) >= 11 is 0. The van der Waals surface area contributed by atoms with Crippen molar-refractivity contribution in [1.29, 1.82) is 0 Å². The van der Waals surface area contributed by atoms with Crippen molar-refractivity contribution in [2.45, 2.75) is 18.9 Å². The molecule has 1 saturated carbocycles. The second kappa shape index (κ2) is 3.97. The lowest BCUT2D eigenvalue weighted by Gasteiger charge is -2.17. The third kappa shape index (κ3) is 2.34. The molecule has 13 heavy (non-hydrogen) atoms. The predicted molar refractivity (Wildman–Crippen MR) is 55.1 cm³/mol. The van der Waals surface area contributed by atoms with E-state index in [0.29, 0.717) is 6.04 Å². The molecule has 2 rings (SSSR count). The highest BCUT2D eigenvalue weighted by molar-refractivity contribution is 5.85. The summed E-state index contributed by atoms with van der Waals surface area (Å²) in [7, 11) is 2.06. The minimum absolute atomic E-state index is 0. The summed E-state index contributed by atoms with van der Waals surface area (Å²) in [6.45, 7) is 0. The average molecular weight is 202 g/mol. The highest BCUT2D eigenvalue weighted by Gasteiger charge is 2.26. The summed E-state index contributed by atoms with van der Waals surface area (Å²) in [5.41, 5.74) is 1.11. The summed E-state index contributed by atoms with van der Waals surface area (Å²) in [5, 5.41) is 0. The van der Waals surface area contributed by atoms with Gasteiger partial charge in [0.15, 0.2) is 0 Å². The number of anilines is 1. The minimum atomic E-state index is -0.164. The van der Waals surface area contributed by atoms with Gasteiger partial charge < -0.3 is 4.90 Å². The smallest absolute Gasteiger partial charge is 0.123 e.